The van der Waals surface area contributed by atoms with Gasteiger partial charge in [-0.05, 0) is 29.9 Å². The van der Waals surface area contributed by atoms with Crippen molar-refractivity contribution in [2.24, 2.45) is 0 Å². The highest BCUT2D eigenvalue weighted by atomic mass is 35.5. The molecule has 5 nitrogen and oxygen atoms in total. The molecule has 6 heteroatoms. The monoisotopic (exact) mass is 410 g/mol. The lowest BCUT2D eigenvalue weighted by atomic mass is 9.96. The van der Waals surface area contributed by atoms with E-state index in [1.54, 1.807) is 10.9 Å². The van der Waals surface area contributed by atoms with Crippen molar-refractivity contribution in [1.82, 2.24) is 9.55 Å². The minimum Gasteiger partial charge on any atom is -0.389 e. The molecule has 1 aliphatic heterocycles. The average Bonchev–Trinajstić information content (AvgIpc) is 2.74. The fourth-order valence-corrected chi connectivity index (χ4v) is 4.07. The molecule has 2 aromatic carbocycles. The van der Waals surface area contributed by atoms with Gasteiger partial charge in [-0.15, -0.1) is 11.6 Å². The summed E-state index contributed by atoms with van der Waals surface area (Å²) in [6, 6.07) is 9.54. The first kappa shape index (κ1) is 19.8. The van der Waals surface area contributed by atoms with Crippen LogP contribution in [0.5, 0.6) is 0 Å². The Balaban J connectivity index is 1.89. The Morgan fingerprint density at radius 1 is 1.34 bits per heavy atom. The topological polar surface area (TPSA) is 64.3 Å². The maximum atomic E-state index is 13.3. The lowest BCUT2D eigenvalue weighted by molar-refractivity contribution is -0.0395. The summed E-state index contributed by atoms with van der Waals surface area (Å²) >= 11 is 5.74. The SMILES string of the molecule is C=C(/C=C\CCl)Cc1cc2c(=O)n([C@H]3CCOC[C@@H]3O)cnc2c2ccccc12. The van der Waals surface area contributed by atoms with Crippen molar-refractivity contribution in [2.75, 3.05) is 19.1 Å². The predicted molar refractivity (Wildman–Crippen MR) is 117 cm³/mol. The standard InChI is InChI=1S/C23H23ClN2O3/c1-15(5-4-9-24)11-16-12-19-22(18-7-3-2-6-17(16)18)25-14-26(23(19)28)20-8-10-29-13-21(20)27/h2-7,12,14,20-21,27H,1,8-11,13H2/b5-4-/t20-,21-/m0/s1. The van der Waals surface area contributed by atoms with Gasteiger partial charge in [0.1, 0.15) is 0 Å². The molecule has 0 radical (unpaired) electrons. The third-order valence-electron chi connectivity index (χ3n) is 5.39. The first-order chi connectivity index (χ1) is 14.1. The zero-order valence-electron chi connectivity index (χ0n) is 16.1. The quantitative estimate of drug-likeness (QED) is 0.395. The fraction of sp³-hybridized carbons (Fsp3) is 0.304. The van der Waals surface area contributed by atoms with Crippen molar-refractivity contribution in [3.8, 4) is 0 Å². The van der Waals surface area contributed by atoms with Gasteiger partial charge in [-0.2, -0.15) is 0 Å². The highest BCUT2D eigenvalue weighted by Crippen LogP contribution is 2.28. The highest BCUT2D eigenvalue weighted by Gasteiger charge is 2.27. The van der Waals surface area contributed by atoms with Gasteiger partial charge in [0.25, 0.3) is 5.56 Å². The third kappa shape index (κ3) is 3.86. The van der Waals surface area contributed by atoms with E-state index in [9.17, 15) is 9.90 Å². The number of benzene rings is 2. The van der Waals surface area contributed by atoms with E-state index in [4.69, 9.17) is 16.3 Å². The van der Waals surface area contributed by atoms with E-state index in [1.807, 2.05) is 42.5 Å². The molecule has 1 fully saturated rings. The maximum Gasteiger partial charge on any atom is 0.261 e. The molecule has 1 N–H and O–H groups in total. The molecule has 4 rings (SSSR count). The van der Waals surface area contributed by atoms with Crippen LogP contribution in [0.1, 0.15) is 18.0 Å². The maximum absolute atomic E-state index is 13.3. The molecular formula is C23H23ClN2O3. The Kier molecular flexibility index (Phi) is 5.81. The number of aromatic nitrogens is 2. The summed E-state index contributed by atoms with van der Waals surface area (Å²) < 4.78 is 6.85. The highest BCUT2D eigenvalue weighted by molar-refractivity contribution is 6.18. The molecule has 0 spiro atoms. The molecule has 1 aromatic heterocycles. The Morgan fingerprint density at radius 3 is 2.90 bits per heavy atom. The van der Waals surface area contributed by atoms with Crippen LogP contribution in [0.15, 0.2) is 65.8 Å². The van der Waals surface area contributed by atoms with Gasteiger partial charge in [-0.25, -0.2) is 4.98 Å². The summed E-state index contributed by atoms with van der Waals surface area (Å²) in [6.07, 6.45) is 5.78. The van der Waals surface area contributed by atoms with Crippen molar-refractivity contribution in [2.45, 2.75) is 25.0 Å². The summed E-state index contributed by atoms with van der Waals surface area (Å²) in [5, 5.41) is 12.8. The Hall–Kier alpha value is -2.47. The minimum absolute atomic E-state index is 0.144. The minimum atomic E-state index is -0.721. The molecule has 2 atom stereocenters. The van der Waals surface area contributed by atoms with Gasteiger partial charge in [0.15, 0.2) is 0 Å². The summed E-state index contributed by atoms with van der Waals surface area (Å²) in [4.78, 5) is 18.0. The molecule has 0 unspecified atom stereocenters. The number of halogens is 1. The summed E-state index contributed by atoms with van der Waals surface area (Å²) in [6.45, 7) is 4.85. The van der Waals surface area contributed by atoms with Crippen LogP contribution in [0.3, 0.4) is 0 Å². The first-order valence-corrected chi connectivity index (χ1v) is 10.2. The number of fused-ring (bicyclic) bond motifs is 3. The van der Waals surface area contributed by atoms with Gasteiger partial charge in [-0.3, -0.25) is 9.36 Å². The van der Waals surface area contributed by atoms with Crippen LogP contribution in [0.4, 0.5) is 0 Å². The van der Waals surface area contributed by atoms with E-state index >= 15 is 0 Å². The number of allylic oxidation sites excluding steroid dienone is 3. The largest absolute Gasteiger partial charge is 0.389 e. The molecule has 29 heavy (non-hydrogen) atoms. The van der Waals surface area contributed by atoms with Crippen LogP contribution in [0.2, 0.25) is 0 Å². The second-order valence-electron chi connectivity index (χ2n) is 7.32. The van der Waals surface area contributed by atoms with Gasteiger partial charge in [0.2, 0.25) is 0 Å². The molecule has 1 aliphatic rings. The first-order valence-electron chi connectivity index (χ1n) is 9.67. The number of alkyl halides is 1. The molecule has 0 bridgehead atoms. The van der Waals surface area contributed by atoms with Crippen molar-refractivity contribution in [1.29, 1.82) is 0 Å². The van der Waals surface area contributed by atoms with E-state index in [2.05, 4.69) is 11.6 Å². The van der Waals surface area contributed by atoms with Gasteiger partial charge >= 0.3 is 0 Å². The Bertz CT molecular complexity index is 1150. The van der Waals surface area contributed by atoms with Crippen molar-refractivity contribution < 1.29 is 9.84 Å². The molecular weight excluding hydrogens is 388 g/mol. The van der Waals surface area contributed by atoms with Gasteiger partial charge in [-0.1, -0.05) is 48.6 Å². The van der Waals surface area contributed by atoms with Crippen LogP contribution >= 0.6 is 11.6 Å². The van der Waals surface area contributed by atoms with Crippen LogP contribution in [-0.2, 0) is 11.2 Å². The fourth-order valence-electron chi connectivity index (χ4n) is 3.98. The second-order valence-corrected chi connectivity index (χ2v) is 7.63. The van der Waals surface area contributed by atoms with Gasteiger partial charge < -0.3 is 9.84 Å². The van der Waals surface area contributed by atoms with E-state index in [0.29, 0.717) is 36.2 Å². The molecule has 0 amide bonds. The summed E-state index contributed by atoms with van der Waals surface area (Å²) in [5.41, 5.74) is 2.46. The molecule has 0 saturated carbocycles. The van der Waals surface area contributed by atoms with Gasteiger partial charge in [0.05, 0.1) is 36.0 Å². The van der Waals surface area contributed by atoms with Crippen molar-refractivity contribution >= 4 is 33.3 Å². The molecule has 150 valence electrons. The van der Waals surface area contributed by atoms with Crippen LogP contribution in [0.25, 0.3) is 21.7 Å². The third-order valence-corrected chi connectivity index (χ3v) is 5.56. The number of aliphatic hydroxyl groups is 1. The van der Waals surface area contributed by atoms with Crippen molar-refractivity contribution in [3.63, 3.8) is 0 Å². The number of aliphatic hydroxyl groups excluding tert-OH is 1. The van der Waals surface area contributed by atoms with E-state index in [-0.39, 0.29) is 18.2 Å². The number of ether oxygens (including phenoxy) is 1. The lowest BCUT2D eigenvalue weighted by Crippen LogP contribution is -2.39. The zero-order chi connectivity index (χ0) is 20.4. The Morgan fingerprint density at radius 2 is 2.14 bits per heavy atom. The molecule has 1 saturated heterocycles. The molecule has 3 aromatic rings. The average molecular weight is 411 g/mol. The molecule has 2 heterocycles. The summed E-state index contributed by atoms with van der Waals surface area (Å²) in [5.74, 6) is 0.430. The van der Waals surface area contributed by atoms with Crippen LogP contribution in [0, 0.1) is 0 Å². The van der Waals surface area contributed by atoms with Gasteiger partial charge in [0, 0.05) is 17.9 Å². The predicted octanol–water partition coefficient (Wildman–Crippen LogP) is 3.77. The van der Waals surface area contributed by atoms with Crippen LogP contribution in [-0.4, -0.2) is 39.9 Å². The zero-order valence-corrected chi connectivity index (χ0v) is 16.8. The number of rotatable bonds is 5. The van der Waals surface area contributed by atoms with E-state index in [1.165, 1.54) is 0 Å². The van der Waals surface area contributed by atoms with E-state index in [0.717, 1.165) is 21.9 Å². The van der Waals surface area contributed by atoms with E-state index < -0.39 is 6.10 Å². The molecule has 0 aliphatic carbocycles. The summed E-state index contributed by atoms with van der Waals surface area (Å²) in [7, 11) is 0. The number of hydrogen-bond donors (Lipinski definition) is 1. The number of nitrogens with zero attached hydrogens (tertiary/aromatic N) is 2. The van der Waals surface area contributed by atoms with Crippen LogP contribution < -0.4 is 5.56 Å². The smallest absolute Gasteiger partial charge is 0.261 e. The lowest BCUT2D eigenvalue weighted by Gasteiger charge is -2.29. The normalized spacial score (nSPS) is 19.9. The Labute approximate surface area is 173 Å². The van der Waals surface area contributed by atoms with Crippen molar-refractivity contribution in [3.05, 3.63) is 76.9 Å². The number of hydrogen-bond acceptors (Lipinski definition) is 4. The second kappa shape index (κ2) is 8.49.